The maximum atomic E-state index is 10.9. The van der Waals surface area contributed by atoms with Crippen LogP contribution in [0.4, 0.5) is 11.4 Å². The van der Waals surface area contributed by atoms with Gasteiger partial charge in [0.05, 0.1) is 30.2 Å². The summed E-state index contributed by atoms with van der Waals surface area (Å²) in [5.41, 5.74) is 6.85. The van der Waals surface area contributed by atoms with Crippen LogP contribution in [0.1, 0.15) is 23.2 Å². The molecule has 20 heavy (non-hydrogen) atoms. The number of unbranched alkanes of at least 4 members (excludes halogenated alkanes) is 1. The van der Waals surface area contributed by atoms with Crippen molar-refractivity contribution in [3.63, 3.8) is 0 Å². The van der Waals surface area contributed by atoms with E-state index in [2.05, 4.69) is 5.32 Å². The summed E-state index contributed by atoms with van der Waals surface area (Å²) in [5, 5.41) is 12.1. The van der Waals surface area contributed by atoms with Crippen LogP contribution in [0.5, 0.6) is 0 Å². The molecule has 1 aromatic rings. The maximum absolute atomic E-state index is 10.9. The Bertz CT molecular complexity index is 424. The zero-order valence-electron chi connectivity index (χ0n) is 11.7. The highest BCUT2D eigenvalue weighted by molar-refractivity contribution is 5.97. The quantitative estimate of drug-likeness (QED) is 0.448. The van der Waals surface area contributed by atoms with E-state index in [1.807, 2.05) is 0 Å². The van der Waals surface area contributed by atoms with Crippen molar-refractivity contribution in [3.05, 3.63) is 23.8 Å². The number of para-hydroxylation sites is 1. The number of rotatable bonds is 10. The lowest BCUT2D eigenvalue weighted by Gasteiger charge is -2.11. The third-order valence-electron chi connectivity index (χ3n) is 2.80. The number of aromatic carboxylic acids is 1. The minimum Gasteiger partial charge on any atom is -0.478 e. The van der Waals surface area contributed by atoms with Crippen LogP contribution in [0.3, 0.4) is 0 Å². The summed E-state index contributed by atoms with van der Waals surface area (Å²) >= 11 is 0. The molecule has 1 rings (SSSR count). The van der Waals surface area contributed by atoms with Crippen LogP contribution >= 0.6 is 0 Å². The van der Waals surface area contributed by atoms with Gasteiger partial charge in [-0.1, -0.05) is 6.07 Å². The van der Waals surface area contributed by atoms with Gasteiger partial charge in [-0.25, -0.2) is 4.79 Å². The predicted molar refractivity (Wildman–Crippen MR) is 78.2 cm³/mol. The highest BCUT2D eigenvalue weighted by atomic mass is 16.5. The lowest BCUT2D eigenvalue weighted by atomic mass is 10.1. The average molecular weight is 282 g/mol. The molecule has 0 atom stereocenters. The number of nitrogen functional groups attached to an aromatic ring is 1. The Kier molecular flexibility index (Phi) is 7.46. The molecule has 0 aliphatic carbocycles. The molecular formula is C14H22N2O4. The molecule has 0 amide bonds. The molecule has 0 unspecified atom stereocenters. The van der Waals surface area contributed by atoms with Crippen LogP contribution in [0.2, 0.25) is 0 Å². The van der Waals surface area contributed by atoms with E-state index >= 15 is 0 Å². The summed E-state index contributed by atoms with van der Waals surface area (Å²) in [5.74, 6) is -1.02. The van der Waals surface area contributed by atoms with Gasteiger partial charge in [-0.2, -0.15) is 0 Å². The van der Waals surface area contributed by atoms with Crippen LogP contribution in [0.25, 0.3) is 0 Å². The topological polar surface area (TPSA) is 93.8 Å². The minimum atomic E-state index is -1.02. The number of nitrogens with two attached hydrogens (primary N) is 1. The number of carboxylic acid groups (broad SMARTS) is 1. The van der Waals surface area contributed by atoms with Crippen molar-refractivity contribution in [1.29, 1.82) is 0 Å². The Morgan fingerprint density at radius 1 is 1.30 bits per heavy atom. The molecule has 0 spiro atoms. The van der Waals surface area contributed by atoms with Crippen LogP contribution in [0.15, 0.2) is 18.2 Å². The Balaban J connectivity index is 2.25. The number of nitrogens with one attached hydrogen (secondary N) is 1. The first-order chi connectivity index (χ1) is 9.66. The SMILES string of the molecule is COCCOCCCCNc1cccc(C(=O)O)c1N. The van der Waals surface area contributed by atoms with E-state index < -0.39 is 5.97 Å². The fraction of sp³-hybridized carbons (Fsp3) is 0.500. The number of hydrogen-bond acceptors (Lipinski definition) is 5. The van der Waals surface area contributed by atoms with E-state index in [4.69, 9.17) is 20.3 Å². The van der Waals surface area contributed by atoms with Gasteiger partial charge in [-0.3, -0.25) is 0 Å². The summed E-state index contributed by atoms with van der Waals surface area (Å²) in [7, 11) is 1.64. The summed E-state index contributed by atoms with van der Waals surface area (Å²) < 4.78 is 10.2. The highest BCUT2D eigenvalue weighted by Crippen LogP contribution is 2.22. The van der Waals surface area contributed by atoms with Gasteiger partial charge < -0.3 is 25.6 Å². The van der Waals surface area contributed by atoms with Gasteiger partial charge in [0.25, 0.3) is 0 Å². The molecule has 6 nitrogen and oxygen atoms in total. The van der Waals surface area contributed by atoms with Crippen LogP contribution in [0, 0.1) is 0 Å². The second kappa shape index (κ2) is 9.17. The first kappa shape index (κ1) is 16.3. The van der Waals surface area contributed by atoms with Gasteiger partial charge in [0.1, 0.15) is 0 Å². The zero-order valence-corrected chi connectivity index (χ0v) is 11.7. The van der Waals surface area contributed by atoms with Crippen molar-refractivity contribution in [2.45, 2.75) is 12.8 Å². The van der Waals surface area contributed by atoms with E-state index in [0.717, 1.165) is 19.4 Å². The second-order valence-electron chi connectivity index (χ2n) is 4.31. The number of carboxylic acids is 1. The molecular weight excluding hydrogens is 260 g/mol. The fourth-order valence-corrected chi connectivity index (χ4v) is 1.70. The molecule has 0 aliphatic heterocycles. The maximum Gasteiger partial charge on any atom is 0.337 e. The number of anilines is 2. The van der Waals surface area contributed by atoms with E-state index in [1.165, 1.54) is 6.07 Å². The fourth-order valence-electron chi connectivity index (χ4n) is 1.70. The smallest absolute Gasteiger partial charge is 0.337 e. The van der Waals surface area contributed by atoms with Crippen molar-refractivity contribution in [1.82, 2.24) is 0 Å². The number of benzene rings is 1. The first-order valence-electron chi connectivity index (χ1n) is 6.59. The number of carbonyl (C=O) groups is 1. The van der Waals surface area contributed by atoms with Crippen molar-refractivity contribution in [3.8, 4) is 0 Å². The monoisotopic (exact) mass is 282 g/mol. The van der Waals surface area contributed by atoms with Crippen molar-refractivity contribution in [2.24, 2.45) is 0 Å². The van der Waals surface area contributed by atoms with Crippen molar-refractivity contribution >= 4 is 17.3 Å². The van der Waals surface area contributed by atoms with Crippen LogP contribution in [-0.4, -0.2) is 44.6 Å². The predicted octanol–water partition coefficient (Wildman–Crippen LogP) is 1.82. The Hall–Kier alpha value is -1.79. The van der Waals surface area contributed by atoms with E-state index in [9.17, 15) is 4.79 Å². The Labute approximate surface area is 118 Å². The molecule has 0 aliphatic rings. The molecule has 0 bridgehead atoms. The number of hydrogen-bond donors (Lipinski definition) is 3. The largest absolute Gasteiger partial charge is 0.478 e. The third-order valence-corrected chi connectivity index (χ3v) is 2.80. The summed E-state index contributed by atoms with van der Waals surface area (Å²) in [6, 6.07) is 4.94. The Morgan fingerprint density at radius 3 is 2.80 bits per heavy atom. The normalized spacial score (nSPS) is 10.4. The van der Waals surface area contributed by atoms with Gasteiger partial charge in [0.2, 0.25) is 0 Å². The lowest BCUT2D eigenvalue weighted by Crippen LogP contribution is -2.09. The van der Waals surface area contributed by atoms with Gasteiger partial charge in [-0.05, 0) is 25.0 Å². The molecule has 0 aromatic heterocycles. The van der Waals surface area contributed by atoms with Gasteiger partial charge in [0, 0.05) is 20.3 Å². The highest BCUT2D eigenvalue weighted by Gasteiger charge is 2.10. The molecule has 112 valence electrons. The third kappa shape index (κ3) is 5.46. The molecule has 0 fully saturated rings. The number of methoxy groups -OCH3 is 1. The van der Waals surface area contributed by atoms with Gasteiger partial charge >= 0.3 is 5.97 Å². The minimum absolute atomic E-state index is 0.123. The standard InChI is InChI=1S/C14H22N2O4/c1-19-9-10-20-8-3-2-7-16-12-6-4-5-11(13(12)15)14(17)18/h4-6,16H,2-3,7-10,15H2,1H3,(H,17,18). The van der Waals surface area contributed by atoms with Gasteiger partial charge in [0.15, 0.2) is 0 Å². The first-order valence-corrected chi connectivity index (χ1v) is 6.59. The molecule has 0 radical (unpaired) electrons. The van der Waals surface area contributed by atoms with Crippen LogP contribution < -0.4 is 11.1 Å². The molecule has 4 N–H and O–H groups in total. The van der Waals surface area contributed by atoms with E-state index in [0.29, 0.717) is 25.5 Å². The van der Waals surface area contributed by atoms with Crippen molar-refractivity contribution in [2.75, 3.05) is 44.5 Å². The molecule has 1 aromatic carbocycles. The summed E-state index contributed by atoms with van der Waals surface area (Å²) in [4.78, 5) is 10.9. The Morgan fingerprint density at radius 2 is 2.10 bits per heavy atom. The van der Waals surface area contributed by atoms with Gasteiger partial charge in [-0.15, -0.1) is 0 Å². The summed E-state index contributed by atoms with van der Waals surface area (Å²) in [6.45, 7) is 2.63. The van der Waals surface area contributed by atoms with Crippen molar-refractivity contribution < 1.29 is 19.4 Å². The number of ether oxygens (including phenoxy) is 2. The molecule has 0 heterocycles. The summed E-state index contributed by atoms with van der Waals surface area (Å²) in [6.07, 6.45) is 1.85. The average Bonchev–Trinajstić information content (AvgIpc) is 2.43. The molecule has 6 heteroatoms. The van der Waals surface area contributed by atoms with E-state index in [-0.39, 0.29) is 11.3 Å². The zero-order chi connectivity index (χ0) is 14.8. The molecule has 0 saturated heterocycles. The second-order valence-corrected chi connectivity index (χ2v) is 4.31. The molecule has 0 saturated carbocycles. The lowest BCUT2D eigenvalue weighted by molar-refractivity contribution is 0.0691. The van der Waals surface area contributed by atoms with E-state index in [1.54, 1.807) is 19.2 Å². The van der Waals surface area contributed by atoms with Crippen LogP contribution in [-0.2, 0) is 9.47 Å².